The highest BCUT2D eigenvalue weighted by molar-refractivity contribution is 5.83. The predicted octanol–water partition coefficient (Wildman–Crippen LogP) is 1.78. The molecule has 0 bridgehead atoms. The van der Waals surface area contributed by atoms with E-state index >= 15 is 0 Å². The number of hydrogen-bond donors (Lipinski definition) is 0. The van der Waals surface area contributed by atoms with Gasteiger partial charge in [0.15, 0.2) is 0 Å². The van der Waals surface area contributed by atoms with Crippen LogP contribution in [-0.2, 0) is 0 Å². The summed E-state index contributed by atoms with van der Waals surface area (Å²) in [6.45, 7) is 0. The molecule has 0 fully saturated rings. The summed E-state index contributed by atoms with van der Waals surface area (Å²) in [5.74, 6) is 0. The van der Waals surface area contributed by atoms with Gasteiger partial charge in [0.05, 0.1) is 0 Å². The van der Waals surface area contributed by atoms with E-state index in [9.17, 15) is 0 Å². The molecule has 2 heteroatoms. The zero-order chi connectivity index (χ0) is 8.81. The maximum Gasteiger partial charge on any atom is 0.0281 e. The largest absolute Gasteiger partial charge is 0.296 e. The lowest BCUT2D eigenvalue weighted by molar-refractivity contribution is 1.45. The highest BCUT2D eigenvalue weighted by Crippen LogP contribution is 1.99. The van der Waals surface area contributed by atoms with Gasteiger partial charge in [-0.15, -0.1) is 0 Å². The van der Waals surface area contributed by atoms with Crippen molar-refractivity contribution in [1.82, 2.24) is 0 Å². The Bertz CT molecular complexity index is 252. The predicted molar refractivity (Wildman–Crippen MR) is 53.5 cm³/mol. The van der Waals surface area contributed by atoms with Crippen LogP contribution in [0.1, 0.15) is 11.1 Å². The number of hydrogen-bond acceptors (Lipinski definition) is 2. The maximum atomic E-state index is 3.92. The molecule has 0 aliphatic heterocycles. The second-order valence-electron chi connectivity index (χ2n) is 2.44. The summed E-state index contributed by atoms with van der Waals surface area (Å²) >= 11 is 0. The van der Waals surface area contributed by atoms with Gasteiger partial charge in [-0.3, -0.25) is 9.98 Å². The molecule has 0 aliphatic rings. The summed E-state index contributed by atoms with van der Waals surface area (Å²) in [7, 11) is 3.53. The first-order valence-corrected chi connectivity index (χ1v) is 3.81. The highest BCUT2D eigenvalue weighted by atomic mass is 14.6. The van der Waals surface area contributed by atoms with Crippen molar-refractivity contribution in [3.05, 3.63) is 35.4 Å². The molecule has 2 nitrogen and oxygen atoms in total. The lowest BCUT2D eigenvalue weighted by Crippen LogP contribution is -1.83. The summed E-state index contributed by atoms with van der Waals surface area (Å²) in [5, 5.41) is 0. The van der Waals surface area contributed by atoms with Gasteiger partial charge in [0.2, 0.25) is 0 Å². The van der Waals surface area contributed by atoms with Crippen molar-refractivity contribution in [2.24, 2.45) is 9.98 Å². The molecule has 1 rings (SSSR count). The number of benzene rings is 1. The van der Waals surface area contributed by atoms with Crippen LogP contribution in [0, 0.1) is 0 Å². The van der Waals surface area contributed by atoms with Crippen LogP contribution in [0.4, 0.5) is 0 Å². The Morgan fingerprint density at radius 1 is 0.833 bits per heavy atom. The van der Waals surface area contributed by atoms with Gasteiger partial charge in [0.1, 0.15) is 0 Å². The average molecular weight is 160 g/mol. The molecule has 62 valence electrons. The van der Waals surface area contributed by atoms with Gasteiger partial charge in [-0.25, -0.2) is 0 Å². The molecule has 0 N–H and O–H groups in total. The molecule has 0 saturated heterocycles. The molecule has 0 atom stereocenters. The van der Waals surface area contributed by atoms with Crippen LogP contribution in [-0.4, -0.2) is 26.5 Å². The van der Waals surface area contributed by atoms with Crippen LogP contribution in [0.15, 0.2) is 34.3 Å². The highest BCUT2D eigenvalue weighted by Gasteiger charge is 1.87. The van der Waals surface area contributed by atoms with Crippen molar-refractivity contribution >= 4 is 12.4 Å². The van der Waals surface area contributed by atoms with Crippen molar-refractivity contribution in [3.63, 3.8) is 0 Å². The molecule has 12 heavy (non-hydrogen) atoms. The fourth-order valence-corrected chi connectivity index (χ4v) is 0.966. The van der Waals surface area contributed by atoms with Crippen LogP contribution in [0.2, 0.25) is 0 Å². The standard InChI is InChI=1S/C10H12N2/c1-11-7-9-3-5-10(6-4-9)8-12-2/h3-8H,1-2H3. The third kappa shape index (κ3) is 2.31. The summed E-state index contributed by atoms with van der Waals surface area (Å²) < 4.78 is 0. The zero-order valence-corrected chi connectivity index (χ0v) is 7.36. The third-order valence-corrected chi connectivity index (χ3v) is 1.49. The van der Waals surface area contributed by atoms with Gasteiger partial charge in [0.25, 0.3) is 0 Å². The summed E-state index contributed by atoms with van der Waals surface area (Å²) in [5.41, 5.74) is 2.23. The van der Waals surface area contributed by atoms with Crippen LogP contribution < -0.4 is 0 Å². The van der Waals surface area contributed by atoms with E-state index in [1.54, 1.807) is 14.1 Å². The van der Waals surface area contributed by atoms with Crippen LogP contribution in [0.25, 0.3) is 0 Å². The van der Waals surface area contributed by atoms with Gasteiger partial charge in [-0.05, 0) is 11.1 Å². The van der Waals surface area contributed by atoms with E-state index in [0.717, 1.165) is 11.1 Å². The molecule has 0 heterocycles. The first kappa shape index (κ1) is 8.65. The minimum Gasteiger partial charge on any atom is -0.296 e. The second-order valence-corrected chi connectivity index (χ2v) is 2.44. The Labute approximate surface area is 72.7 Å². The fourth-order valence-electron chi connectivity index (χ4n) is 0.966. The normalized spacial score (nSPS) is 11.5. The van der Waals surface area contributed by atoms with Gasteiger partial charge in [0, 0.05) is 26.5 Å². The van der Waals surface area contributed by atoms with Crippen LogP contribution in [0.5, 0.6) is 0 Å². The van der Waals surface area contributed by atoms with Crippen molar-refractivity contribution < 1.29 is 0 Å². The van der Waals surface area contributed by atoms with E-state index in [1.807, 2.05) is 36.7 Å². The molecule has 0 amide bonds. The van der Waals surface area contributed by atoms with Gasteiger partial charge >= 0.3 is 0 Å². The monoisotopic (exact) mass is 160 g/mol. The lowest BCUT2D eigenvalue weighted by Gasteiger charge is -1.93. The summed E-state index contributed by atoms with van der Waals surface area (Å²) in [4.78, 5) is 7.85. The zero-order valence-electron chi connectivity index (χ0n) is 7.36. The van der Waals surface area contributed by atoms with E-state index in [2.05, 4.69) is 9.98 Å². The first-order chi connectivity index (χ1) is 5.86. The second kappa shape index (κ2) is 4.44. The number of rotatable bonds is 2. The third-order valence-electron chi connectivity index (χ3n) is 1.49. The molecule has 0 aromatic heterocycles. The van der Waals surface area contributed by atoms with E-state index < -0.39 is 0 Å². The minimum atomic E-state index is 1.12. The summed E-state index contributed by atoms with van der Waals surface area (Å²) in [6.07, 6.45) is 3.65. The van der Waals surface area contributed by atoms with Crippen molar-refractivity contribution in [1.29, 1.82) is 0 Å². The molecule has 0 unspecified atom stereocenters. The average Bonchev–Trinajstić information content (AvgIpc) is 2.09. The Hall–Kier alpha value is -1.44. The molecular formula is C10H12N2. The first-order valence-electron chi connectivity index (χ1n) is 3.81. The smallest absolute Gasteiger partial charge is 0.0281 e. The van der Waals surface area contributed by atoms with E-state index in [0.29, 0.717) is 0 Å². The summed E-state index contributed by atoms with van der Waals surface area (Å²) in [6, 6.07) is 8.07. The number of nitrogens with zero attached hydrogens (tertiary/aromatic N) is 2. The molecule has 0 radical (unpaired) electrons. The Morgan fingerprint density at radius 2 is 1.17 bits per heavy atom. The van der Waals surface area contributed by atoms with Crippen molar-refractivity contribution in [2.75, 3.05) is 14.1 Å². The molecule has 1 aromatic rings. The molecular weight excluding hydrogens is 148 g/mol. The lowest BCUT2D eigenvalue weighted by atomic mass is 10.2. The molecule has 0 saturated carbocycles. The molecule has 0 spiro atoms. The SMILES string of the molecule is CN=Cc1ccc(C=NC)cc1. The van der Waals surface area contributed by atoms with Gasteiger partial charge in [-0.1, -0.05) is 24.3 Å². The van der Waals surface area contributed by atoms with E-state index in [-0.39, 0.29) is 0 Å². The van der Waals surface area contributed by atoms with Gasteiger partial charge in [-0.2, -0.15) is 0 Å². The minimum absolute atomic E-state index is 1.12. The van der Waals surface area contributed by atoms with Crippen molar-refractivity contribution in [3.8, 4) is 0 Å². The Balaban J connectivity index is 2.85. The number of aliphatic imine (C=N–C) groups is 2. The maximum absolute atomic E-state index is 3.92. The van der Waals surface area contributed by atoms with Crippen molar-refractivity contribution in [2.45, 2.75) is 0 Å². The molecule has 0 aliphatic carbocycles. The Morgan fingerprint density at radius 3 is 1.42 bits per heavy atom. The van der Waals surface area contributed by atoms with E-state index in [1.165, 1.54) is 0 Å². The van der Waals surface area contributed by atoms with E-state index in [4.69, 9.17) is 0 Å². The Kier molecular flexibility index (Phi) is 3.20. The topological polar surface area (TPSA) is 24.7 Å². The van der Waals surface area contributed by atoms with Crippen LogP contribution >= 0.6 is 0 Å². The van der Waals surface area contributed by atoms with Gasteiger partial charge < -0.3 is 0 Å². The van der Waals surface area contributed by atoms with Crippen LogP contribution in [0.3, 0.4) is 0 Å². The molecule has 1 aromatic carbocycles. The quantitative estimate of drug-likeness (QED) is 0.589. The fraction of sp³-hybridized carbons (Fsp3) is 0.200.